The van der Waals surface area contributed by atoms with Gasteiger partial charge in [-0.05, 0) is 50.2 Å². The molecule has 1 fully saturated rings. The van der Waals surface area contributed by atoms with Crippen LogP contribution in [0.1, 0.15) is 12.8 Å². The molecule has 0 unspecified atom stereocenters. The fourth-order valence-corrected chi connectivity index (χ4v) is 3.91. The molecule has 10 heteroatoms. The molecule has 0 bridgehead atoms. The average Bonchev–Trinajstić information content (AvgIpc) is 3.33. The first-order chi connectivity index (χ1) is 16.0. The van der Waals surface area contributed by atoms with Crippen molar-refractivity contribution in [2.45, 2.75) is 19.3 Å². The maximum atomic E-state index is 12.8. The van der Waals surface area contributed by atoms with Crippen molar-refractivity contribution in [3.8, 4) is 22.8 Å². The fourth-order valence-electron chi connectivity index (χ4n) is 3.91. The number of fused-ring (bicyclic) bond motifs is 1. The van der Waals surface area contributed by atoms with Crippen molar-refractivity contribution in [1.82, 2.24) is 19.4 Å². The van der Waals surface area contributed by atoms with Crippen LogP contribution >= 0.6 is 0 Å². The Bertz CT molecular complexity index is 1180. The molecule has 0 saturated carbocycles. The van der Waals surface area contributed by atoms with Crippen LogP contribution in [0.15, 0.2) is 35.4 Å². The van der Waals surface area contributed by atoms with Crippen molar-refractivity contribution in [3.05, 3.63) is 40.9 Å². The lowest BCUT2D eigenvalue weighted by atomic mass is 10.1. The number of pyridine rings is 1. The van der Waals surface area contributed by atoms with Gasteiger partial charge in [0.25, 0.3) is 12.0 Å². The number of aryl methyl sites for hydroxylation is 1. The molecule has 1 aliphatic heterocycles. The van der Waals surface area contributed by atoms with Crippen LogP contribution < -0.4 is 20.3 Å². The van der Waals surface area contributed by atoms with Crippen molar-refractivity contribution in [3.63, 3.8) is 0 Å². The van der Waals surface area contributed by atoms with Crippen molar-refractivity contribution >= 4 is 16.7 Å². The van der Waals surface area contributed by atoms with E-state index in [1.165, 1.54) is 23.7 Å². The Labute approximate surface area is 190 Å². The monoisotopic (exact) mass is 459 g/mol. The standard InChI is InChI=1S/C23H27F2N5O3/c1-29-14-27-17-12-16(28-22(21(17)23(29)31)26-13-20(24)25)15-5-6-18(19(11-15)32-2)33-10-9-30-7-3-4-8-30/h5-6,11-12,14,20H,3-4,7-10,13H2,1-2H3,(H,26,28). The molecule has 0 radical (unpaired) electrons. The first-order valence-electron chi connectivity index (χ1n) is 10.9. The Morgan fingerprint density at radius 3 is 2.70 bits per heavy atom. The summed E-state index contributed by atoms with van der Waals surface area (Å²) in [6, 6.07) is 7.05. The van der Waals surface area contributed by atoms with Gasteiger partial charge in [-0.1, -0.05) is 0 Å². The Morgan fingerprint density at radius 2 is 1.97 bits per heavy atom. The highest BCUT2D eigenvalue weighted by Crippen LogP contribution is 2.33. The molecule has 3 aromatic rings. The van der Waals surface area contributed by atoms with Gasteiger partial charge in [0.15, 0.2) is 11.5 Å². The number of methoxy groups -OCH3 is 1. The van der Waals surface area contributed by atoms with Gasteiger partial charge in [-0.3, -0.25) is 9.69 Å². The van der Waals surface area contributed by atoms with Gasteiger partial charge >= 0.3 is 0 Å². The first-order valence-corrected chi connectivity index (χ1v) is 10.9. The van der Waals surface area contributed by atoms with Gasteiger partial charge in [0.1, 0.15) is 17.8 Å². The Balaban J connectivity index is 1.64. The molecular weight excluding hydrogens is 432 g/mol. The van der Waals surface area contributed by atoms with Gasteiger partial charge in [0, 0.05) is 19.2 Å². The zero-order valence-corrected chi connectivity index (χ0v) is 18.7. The highest BCUT2D eigenvalue weighted by molar-refractivity contribution is 5.91. The molecule has 1 aromatic carbocycles. The molecule has 0 amide bonds. The third kappa shape index (κ3) is 5.22. The number of benzene rings is 1. The summed E-state index contributed by atoms with van der Waals surface area (Å²) in [5.74, 6) is 1.22. The van der Waals surface area contributed by atoms with Gasteiger partial charge in [-0.15, -0.1) is 0 Å². The Morgan fingerprint density at radius 1 is 1.18 bits per heavy atom. The summed E-state index contributed by atoms with van der Waals surface area (Å²) >= 11 is 0. The summed E-state index contributed by atoms with van der Waals surface area (Å²) in [4.78, 5) is 23.7. The molecule has 8 nitrogen and oxygen atoms in total. The maximum Gasteiger partial charge on any atom is 0.264 e. The van der Waals surface area contributed by atoms with Crippen LogP contribution in [-0.2, 0) is 7.05 Å². The molecule has 2 aromatic heterocycles. The summed E-state index contributed by atoms with van der Waals surface area (Å²) in [5, 5.41) is 2.75. The molecule has 3 heterocycles. The lowest BCUT2D eigenvalue weighted by molar-refractivity contribution is 0.163. The minimum absolute atomic E-state index is 0.0707. The van der Waals surface area contributed by atoms with Gasteiger partial charge in [-0.25, -0.2) is 18.7 Å². The number of nitrogens with zero attached hydrogens (tertiary/aromatic N) is 4. The van der Waals surface area contributed by atoms with E-state index in [0.29, 0.717) is 34.9 Å². The van der Waals surface area contributed by atoms with Gasteiger partial charge in [0.2, 0.25) is 0 Å². The largest absolute Gasteiger partial charge is 0.493 e. The first kappa shape index (κ1) is 22.9. The summed E-state index contributed by atoms with van der Waals surface area (Å²) in [7, 11) is 3.11. The minimum atomic E-state index is -2.59. The molecule has 1 N–H and O–H groups in total. The third-order valence-electron chi connectivity index (χ3n) is 5.65. The number of likely N-dealkylation sites (tertiary alicyclic amines) is 1. The number of ether oxygens (including phenoxy) is 2. The van der Waals surface area contributed by atoms with E-state index in [4.69, 9.17) is 9.47 Å². The van der Waals surface area contributed by atoms with E-state index in [-0.39, 0.29) is 16.8 Å². The van der Waals surface area contributed by atoms with Crippen LogP contribution in [0, 0.1) is 0 Å². The van der Waals surface area contributed by atoms with Crippen molar-refractivity contribution in [2.24, 2.45) is 7.05 Å². The highest BCUT2D eigenvalue weighted by Gasteiger charge is 2.16. The van der Waals surface area contributed by atoms with Crippen LogP contribution in [-0.4, -0.2) is 65.8 Å². The summed E-state index contributed by atoms with van der Waals surface area (Å²) in [6.45, 7) is 2.99. The highest BCUT2D eigenvalue weighted by atomic mass is 19.3. The zero-order chi connectivity index (χ0) is 23.4. The van der Waals surface area contributed by atoms with Crippen LogP contribution in [0.5, 0.6) is 11.5 Å². The maximum absolute atomic E-state index is 12.8. The van der Waals surface area contributed by atoms with E-state index in [1.54, 1.807) is 32.4 Å². The smallest absolute Gasteiger partial charge is 0.264 e. The van der Waals surface area contributed by atoms with E-state index < -0.39 is 13.0 Å². The van der Waals surface area contributed by atoms with E-state index in [1.807, 2.05) is 6.07 Å². The summed E-state index contributed by atoms with van der Waals surface area (Å²) < 4.78 is 38.4. The van der Waals surface area contributed by atoms with Crippen LogP contribution in [0.25, 0.3) is 22.2 Å². The van der Waals surface area contributed by atoms with Crippen LogP contribution in [0.4, 0.5) is 14.6 Å². The number of aromatic nitrogens is 3. The second kappa shape index (κ2) is 10.1. The number of nitrogens with one attached hydrogen (secondary N) is 1. The second-order valence-electron chi connectivity index (χ2n) is 7.95. The zero-order valence-electron chi connectivity index (χ0n) is 18.7. The number of halogens is 2. The van der Waals surface area contributed by atoms with E-state index in [0.717, 1.165) is 19.6 Å². The molecule has 176 valence electrons. The number of hydrogen-bond donors (Lipinski definition) is 1. The molecule has 33 heavy (non-hydrogen) atoms. The average molecular weight is 459 g/mol. The van der Waals surface area contributed by atoms with E-state index in [2.05, 4.69) is 20.2 Å². The van der Waals surface area contributed by atoms with Crippen LogP contribution in [0.2, 0.25) is 0 Å². The fraction of sp³-hybridized carbons (Fsp3) is 0.435. The van der Waals surface area contributed by atoms with E-state index >= 15 is 0 Å². The number of anilines is 1. The number of rotatable bonds is 9. The summed E-state index contributed by atoms with van der Waals surface area (Å²) in [6.07, 6.45) is 1.25. The van der Waals surface area contributed by atoms with Crippen molar-refractivity contribution in [1.29, 1.82) is 0 Å². The molecule has 0 aliphatic carbocycles. The van der Waals surface area contributed by atoms with Gasteiger partial charge < -0.3 is 19.4 Å². The molecule has 0 atom stereocenters. The lowest BCUT2D eigenvalue weighted by Gasteiger charge is -2.17. The molecular formula is C23H27F2N5O3. The van der Waals surface area contributed by atoms with Crippen molar-refractivity contribution < 1.29 is 18.3 Å². The SMILES string of the molecule is COc1cc(-c2cc3ncn(C)c(=O)c3c(NCC(F)F)n2)ccc1OCCN1CCCC1. The predicted octanol–water partition coefficient (Wildman–Crippen LogP) is 3.16. The Hall–Kier alpha value is -3.27. The number of hydrogen-bond acceptors (Lipinski definition) is 7. The molecule has 0 spiro atoms. The minimum Gasteiger partial charge on any atom is -0.493 e. The van der Waals surface area contributed by atoms with Crippen LogP contribution in [0.3, 0.4) is 0 Å². The van der Waals surface area contributed by atoms with Gasteiger partial charge in [-0.2, -0.15) is 0 Å². The third-order valence-corrected chi connectivity index (χ3v) is 5.65. The lowest BCUT2D eigenvalue weighted by Crippen LogP contribution is -2.25. The Kier molecular flexibility index (Phi) is 7.02. The molecule has 1 saturated heterocycles. The quantitative estimate of drug-likeness (QED) is 0.526. The van der Waals surface area contributed by atoms with Crippen molar-refractivity contribution in [2.75, 3.05) is 45.2 Å². The summed E-state index contributed by atoms with van der Waals surface area (Å²) in [5.41, 5.74) is 1.16. The predicted molar refractivity (Wildman–Crippen MR) is 122 cm³/mol. The second-order valence-corrected chi connectivity index (χ2v) is 7.95. The topological polar surface area (TPSA) is 81.5 Å². The van der Waals surface area contributed by atoms with E-state index in [9.17, 15) is 13.6 Å². The van der Waals surface area contributed by atoms with Gasteiger partial charge in [0.05, 0.1) is 31.2 Å². The normalized spacial score (nSPS) is 14.2. The number of alkyl halides is 2. The molecule has 1 aliphatic rings. The molecule has 4 rings (SSSR count).